The van der Waals surface area contributed by atoms with Gasteiger partial charge in [-0.25, -0.2) is 4.39 Å². The van der Waals surface area contributed by atoms with Crippen LogP contribution in [-0.4, -0.2) is 55.5 Å². The second kappa shape index (κ2) is 7.14. The molecule has 0 spiro atoms. The molecule has 0 bridgehead atoms. The maximum absolute atomic E-state index is 14.2. The van der Waals surface area contributed by atoms with E-state index in [1.807, 2.05) is 6.07 Å². The van der Waals surface area contributed by atoms with Gasteiger partial charge in [0.25, 0.3) is 5.91 Å². The molecule has 2 amide bonds. The highest BCUT2D eigenvalue weighted by Crippen LogP contribution is 2.35. The van der Waals surface area contributed by atoms with E-state index in [-0.39, 0.29) is 30.2 Å². The SMILES string of the molecule is COc1ccc(C(=O)N2CC(=O)N3CCc4c(F)cccc4C3C2)cc1OC. The van der Waals surface area contributed by atoms with Gasteiger partial charge in [0, 0.05) is 18.7 Å². The molecule has 0 radical (unpaired) electrons. The average molecular weight is 384 g/mol. The quantitative estimate of drug-likeness (QED) is 0.816. The first kappa shape index (κ1) is 18.3. The fourth-order valence-electron chi connectivity index (χ4n) is 4.04. The zero-order valence-electron chi connectivity index (χ0n) is 15.8. The van der Waals surface area contributed by atoms with Crippen molar-refractivity contribution in [1.82, 2.24) is 9.80 Å². The van der Waals surface area contributed by atoms with Crippen molar-refractivity contribution >= 4 is 11.8 Å². The predicted molar refractivity (Wildman–Crippen MR) is 100 cm³/mol. The highest BCUT2D eigenvalue weighted by Gasteiger charge is 2.39. The van der Waals surface area contributed by atoms with Gasteiger partial charge in [-0.15, -0.1) is 0 Å². The minimum absolute atomic E-state index is 0.00826. The molecule has 2 heterocycles. The Morgan fingerprint density at radius 2 is 1.93 bits per heavy atom. The summed E-state index contributed by atoms with van der Waals surface area (Å²) in [6, 6.07) is 9.51. The molecule has 2 aromatic carbocycles. The number of nitrogens with zero attached hydrogens (tertiary/aromatic N) is 2. The molecule has 28 heavy (non-hydrogen) atoms. The number of piperazine rings is 1. The predicted octanol–water partition coefficient (Wildman–Crippen LogP) is 2.42. The summed E-state index contributed by atoms with van der Waals surface area (Å²) in [5.41, 5.74) is 1.83. The second-order valence-electron chi connectivity index (χ2n) is 6.92. The minimum atomic E-state index is -0.329. The number of methoxy groups -OCH3 is 2. The van der Waals surface area contributed by atoms with Crippen molar-refractivity contribution in [1.29, 1.82) is 0 Å². The van der Waals surface area contributed by atoms with Crippen molar-refractivity contribution in [3.05, 3.63) is 58.9 Å². The number of ether oxygens (including phenoxy) is 2. The van der Waals surface area contributed by atoms with E-state index >= 15 is 0 Å². The lowest BCUT2D eigenvalue weighted by molar-refractivity contribution is -0.139. The summed E-state index contributed by atoms with van der Waals surface area (Å²) < 4.78 is 24.7. The highest BCUT2D eigenvalue weighted by molar-refractivity contribution is 5.97. The van der Waals surface area contributed by atoms with Crippen LogP contribution in [0.25, 0.3) is 0 Å². The summed E-state index contributed by atoms with van der Waals surface area (Å²) in [4.78, 5) is 29.0. The Morgan fingerprint density at radius 1 is 1.14 bits per heavy atom. The fourth-order valence-corrected chi connectivity index (χ4v) is 4.04. The summed E-state index contributed by atoms with van der Waals surface area (Å²) in [5.74, 6) is 0.324. The maximum Gasteiger partial charge on any atom is 0.254 e. The van der Waals surface area contributed by atoms with E-state index < -0.39 is 0 Å². The smallest absolute Gasteiger partial charge is 0.254 e. The monoisotopic (exact) mass is 384 g/mol. The lowest BCUT2D eigenvalue weighted by Crippen LogP contribution is -2.55. The number of rotatable bonds is 3. The van der Waals surface area contributed by atoms with Crippen LogP contribution in [0.4, 0.5) is 4.39 Å². The molecule has 1 saturated heterocycles. The molecule has 4 rings (SSSR count). The summed E-state index contributed by atoms with van der Waals surface area (Å²) in [5, 5.41) is 0. The Bertz CT molecular complexity index is 946. The Morgan fingerprint density at radius 3 is 2.68 bits per heavy atom. The van der Waals surface area contributed by atoms with Gasteiger partial charge in [-0.05, 0) is 41.8 Å². The van der Waals surface area contributed by atoms with Gasteiger partial charge in [0.05, 0.1) is 20.3 Å². The van der Waals surface area contributed by atoms with Gasteiger partial charge in [-0.2, -0.15) is 0 Å². The number of hydrogen-bond donors (Lipinski definition) is 0. The van der Waals surface area contributed by atoms with E-state index in [0.717, 1.165) is 5.56 Å². The molecule has 7 heteroatoms. The first-order valence-electron chi connectivity index (χ1n) is 9.11. The maximum atomic E-state index is 14.2. The van der Waals surface area contributed by atoms with Gasteiger partial charge < -0.3 is 19.3 Å². The van der Waals surface area contributed by atoms with Crippen molar-refractivity contribution in [2.75, 3.05) is 33.9 Å². The van der Waals surface area contributed by atoms with Crippen LogP contribution in [0, 0.1) is 5.82 Å². The summed E-state index contributed by atoms with van der Waals surface area (Å²) in [6.07, 6.45) is 0.494. The van der Waals surface area contributed by atoms with Gasteiger partial charge in [0.2, 0.25) is 5.91 Å². The van der Waals surface area contributed by atoms with Crippen molar-refractivity contribution in [2.45, 2.75) is 12.5 Å². The molecule has 0 aliphatic carbocycles. The van der Waals surface area contributed by atoms with Crippen molar-refractivity contribution in [3.63, 3.8) is 0 Å². The summed E-state index contributed by atoms with van der Waals surface area (Å²) in [6.45, 7) is 0.805. The van der Waals surface area contributed by atoms with Gasteiger partial charge in [-0.1, -0.05) is 12.1 Å². The van der Waals surface area contributed by atoms with Crippen LogP contribution in [0.3, 0.4) is 0 Å². The molecule has 1 fully saturated rings. The molecule has 0 N–H and O–H groups in total. The number of fused-ring (bicyclic) bond motifs is 3. The number of carbonyl (C=O) groups is 2. The van der Waals surface area contributed by atoms with Crippen LogP contribution in [0.1, 0.15) is 27.5 Å². The Balaban J connectivity index is 1.64. The summed E-state index contributed by atoms with van der Waals surface area (Å²) >= 11 is 0. The van der Waals surface area contributed by atoms with E-state index in [2.05, 4.69) is 0 Å². The van der Waals surface area contributed by atoms with Crippen LogP contribution >= 0.6 is 0 Å². The molecular formula is C21H21FN2O4. The topological polar surface area (TPSA) is 59.1 Å². The number of benzene rings is 2. The molecular weight excluding hydrogens is 363 g/mol. The third-order valence-electron chi connectivity index (χ3n) is 5.45. The average Bonchev–Trinajstić information content (AvgIpc) is 2.72. The molecule has 1 unspecified atom stereocenters. The van der Waals surface area contributed by atoms with E-state index in [1.165, 1.54) is 25.2 Å². The lowest BCUT2D eigenvalue weighted by Gasteiger charge is -2.44. The Labute approximate surface area is 162 Å². The Kier molecular flexibility index (Phi) is 4.66. The molecule has 0 saturated carbocycles. The van der Waals surface area contributed by atoms with E-state index in [4.69, 9.17) is 9.47 Å². The zero-order chi connectivity index (χ0) is 19.8. The first-order valence-corrected chi connectivity index (χ1v) is 9.11. The first-order chi connectivity index (χ1) is 13.5. The van der Waals surface area contributed by atoms with Crippen LogP contribution in [-0.2, 0) is 11.2 Å². The number of carbonyl (C=O) groups excluding carboxylic acids is 2. The molecule has 0 aromatic heterocycles. The van der Waals surface area contributed by atoms with Gasteiger partial charge in [0.15, 0.2) is 11.5 Å². The fraction of sp³-hybridized carbons (Fsp3) is 0.333. The van der Waals surface area contributed by atoms with Gasteiger partial charge in [0.1, 0.15) is 12.4 Å². The third-order valence-corrected chi connectivity index (χ3v) is 5.45. The Hall–Kier alpha value is -3.09. The molecule has 6 nitrogen and oxygen atoms in total. The van der Waals surface area contributed by atoms with Crippen LogP contribution in [0.2, 0.25) is 0 Å². The van der Waals surface area contributed by atoms with Crippen LogP contribution < -0.4 is 9.47 Å². The minimum Gasteiger partial charge on any atom is -0.493 e. The molecule has 2 aromatic rings. The van der Waals surface area contributed by atoms with Gasteiger partial charge >= 0.3 is 0 Å². The van der Waals surface area contributed by atoms with Crippen molar-refractivity contribution in [2.24, 2.45) is 0 Å². The van der Waals surface area contributed by atoms with Gasteiger partial charge in [-0.3, -0.25) is 9.59 Å². The van der Waals surface area contributed by atoms with Crippen LogP contribution in [0.15, 0.2) is 36.4 Å². The number of amides is 2. The third kappa shape index (κ3) is 2.96. The second-order valence-corrected chi connectivity index (χ2v) is 6.92. The molecule has 2 aliphatic rings. The van der Waals surface area contributed by atoms with E-state index in [1.54, 1.807) is 29.2 Å². The largest absolute Gasteiger partial charge is 0.493 e. The summed E-state index contributed by atoms with van der Waals surface area (Å²) in [7, 11) is 3.03. The number of hydrogen-bond acceptors (Lipinski definition) is 4. The lowest BCUT2D eigenvalue weighted by atomic mass is 9.90. The zero-order valence-corrected chi connectivity index (χ0v) is 15.8. The van der Waals surface area contributed by atoms with E-state index in [9.17, 15) is 14.0 Å². The van der Waals surface area contributed by atoms with Crippen LogP contribution in [0.5, 0.6) is 11.5 Å². The molecule has 2 aliphatic heterocycles. The van der Waals surface area contributed by atoms with E-state index in [0.29, 0.717) is 42.1 Å². The molecule has 146 valence electrons. The highest BCUT2D eigenvalue weighted by atomic mass is 19.1. The van der Waals surface area contributed by atoms with Crippen molar-refractivity contribution < 1.29 is 23.5 Å². The standard InChI is InChI=1S/C21H21FN2O4/c1-27-18-7-6-13(10-19(18)28-2)21(26)23-11-17-15-4-3-5-16(22)14(15)8-9-24(17)20(25)12-23/h3-7,10,17H,8-9,11-12H2,1-2H3. The number of halogens is 1. The normalized spacial score (nSPS) is 18.4. The van der Waals surface area contributed by atoms with Crippen molar-refractivity contribution in [3.8, 4) is 11.5 Å². The molecule has 1 atom stereocenters.